The zero-order chi connectivity index (χ0) is 15.3. The van der Waals surface area contributed by atoms with Gasteiger partial charge < -0.3 is 21.3 Å². The van der Waals surface area contributed by atoms with E-state index in [9.17, 15) is 0 Å². The van der Waals surface area contributed by atoms with Crippen molar-refractivity contribution >= 4 is 17.6 Å². The van der Waals surface area contributed by atoms with Gasteiger partial charge in [0.1, 0.15) is 11.6 Å². The number of nitrogens with one attached hydrogen (secondary N) is 2. The van der Waals surface area contributed by atoms with E-state index in [0.717, 1.165) is 31.1 Å². The number of aromatic nitrogens is 2. The van der Waals surface area contributed by atoms with Gasteiger partial charge in [-0.15, -0.1) is 0 Å². The lowest BCUT2D eigenvalue weighted by molar-refractivity contribution is 0.172. The van der Waals surface area contributed by atoms with Crippen molar-refractivity contribution in [3.05, 3.63) is 6.07 Å². The number of nitrogens with two attached hydrogens (primary N) is 1. The summed E-state index contributed by atoms with van der Waals surface area (Å²) in [4.78, 5) is 10.8. The van der Waals surface area contributed by atoms with Crippen molar-refractivity contribution in [3.63, 3.8) is 0 Å². The third kappa shape index (κ3) is 3.97. The smallest absolute Gasteiger partial charge is 0.223 e. The molecule has 118 valence electrons. The molecule has 0 atom stereocenters. The minimum atomic E-state index is 0.233. The van der Waals surface area contributed by atoms with E-state index in [1.807, 2.05) is 6.07 Å². The Balaban J connectivity index is 2.03. The van der Waals surface area contributed by atoms with Crippen LogP contribution in [-0.4, -0.2) is 47.6 Å². The molecule has 1 saturated carbocycles. The summed E-state index contributed by atoms with van der Waals surface area (Å²) in [6, 6.07) is 1.93. The van der Waals surface area contributed by atoms with Gasteiger partial charge >= 0.3 is 0 Å². The Kier molecular flexibility index (Phi) is 5.22. The number of rotatable bonds is 7. The average Bonchev–Trinajstić information content (AvgIpc) is 2.93. The van der Waals surface area contributed by atoms with Crippen LogP contribution >= 0.6 is 0 Å². The standard InChI is InChI=1S/C15H28N6/c1-4-9-17-12-10-13(20-14(16)19-12)18-11-15(21(2)3)7-5-6-8-15/h10H,4-9,11H2,1-3H3,(H4,16,17,18,19,20). The average molecular weight is 292 g/mol. The fourth-order valence-corrected chi connectivity index (χ4v) is 2.97. The molecule has 1 aromatic heterocycles. The molecule has 0 amide bonds. The lowest BCUT2D eigenvalue weighted by atomic mass is 9.96. The van der Waals surface area contributed by atoms with E-state index >= 15 is 0 Å². The molecule has 6 nitrogen and oxygen atoms in total. The number of nitrogens with zero attached hydrogens (tertiary/aromatic N) is 3. The molecule has 0 unspecified atom stereocenters. The normalized spacial score (nSPS) is 17.1. The third-order valence-electron chi connectivity index (χ3n) is 4.38. The van der Waals surface area contributed by atoms with E-state index in [1.54, 1.807) is 0 Å². The maximum absolute atomic E-state index is 5.79. The zero-order valence-electron chi connectivity index (χ0n) is 13.4. The van der Waals surface area contributed by atoms with E-state index in [0.29, 0.717) is 5.95 Å². The molecular weight excluding hydrogens is 264 g/mol. The van der Waals surface area contributed by atoms with E-state index in [2.05, 4.69) is 46.5 Å². The molecule has 1 aromatic rings. The second kappa shape index (κ2) is 6.93. The number of hydrogen-bond donors (Lipinski definition) is 3. The monoisotopic (exact) mass is 292 g/mol. The van der Waals surface area contributed by atoms with Crippen molar-refractivity contribution in [1.82, 2.24) is 14.9 Å². The summed E-state index contributed by atoms with van der Waals surface area (Å²) in [5.41, 5.74) is 6.03. The number of anilines is 3. The molecule has 0 saturated heterocycles. The van der Waals surface area contributed by atoms with Crippen molar-refractivity contribution in [2.24, 2.45) is 0 Å². The largest absolute Gasteiger partial charge is 0.370 e. The fourth-order valence-electron chi connectivity index (χ4n) is 2.97. The Hall–Kier alpha value is -1.56. The van der Waals surface area contributed by atoms with Gasteiger partial charge in [-0.25, -0.2) is 0 Å². The molecule has 0 bridgehead atoms. The predicted molar refractivity (Wildman–Crippen MR) is 88.6 cm³/mol. The summed E-state index contributed by atoms with van der Waals surface area (Å²) >= 11 is 0. The first kappa shape index (κ1) is 15.8. The Morgan fingerprint density at radius 2 is 1.81 bits per heavy atom. The lowest BCUT2D eigenvalue weighted by Crippen LogP contribution is -2.47. The molecule has 0 aromatic carbocycles. The minimum Gasteiger partial charge on any atom is -0.370 e. The van der Waals surface area contributed by atoms with Crippen LogP contribution in [-0.2, 0) is 0 Å². The molecule has 1 fully saturated rings. The van der Waals surface area contributed by atoms with Gasteiger partial charge in [0.25, 0.3) is 0 Å². The summed E-state index contributed by atoms with van der Waals surface area (Å²) in [7, 11) is 4.32. The molecule has 1 aliphatic rings. The summed E-state index contributed by atoms with van der Waals surface area (Å²) < 4.78 is 0. The quantitative estimate of drug-likeness (QED) is 0.715. The summed E-state index contributed by atoms with van der Waals surface area (Å²) in [5.74, 6) is 1.90. The van der Waals surface area contributed by atoms with Crippen LogP contribution in [0.4, 0.5) is 17.6 Å². The Bertz CT molecular complexity index is 453. The van der Waals surface area contributed by atoms with Crippen LogP contribution in [0.5, 0.6) is 0 Å². The molecule has 0 radical (unpaired) electrons. The molecule has 4 N–H and O–H groups in total. The SMILES string of the molecule is CCCNc1cc(NCC2(N(C)C)CCCC2)nc(N)n1. The van der Waals surface area contributed by atoms with Gasteiger partial charge in [-0.05, 0) is 33.4 Å². The fraction of sp³-hybridized carbons (Fsp3) is 0.733. The van der Waals surface area contributed by atoms with Crippen LogP contribution in [0.3, 0.4) is 0 Å². The van der Waals surface area contributed by atoms with Gasteiger partial charge in [0.2, 0.25) is 5.95 Å². The van der Waals surface area contributed by atoms with E-state index < -0.39 is 0 Å². The molecule has 0 spiro atoms. The Morgan fingerprint density at radius 1 is 1.19 bits per heavy atom. The van der Waals surface area contributed by atoms with Gasteiger partial charge in [0.05, 0.1) is 0 Å². The van der Waals surface area contributed by atoms with Crippen LogP contribution in [0.1, 0.15) is 39.0 Å². The highest BCUT2D eigenvalue weighted by molar-refractivity contribution is 5.51. The predicted octanol–water partition coefficient (Wildman–Crippen LogP) is 2.17. The number of nitrogen functional groups attached to an aromatic ring is 1. The second-order valence-corrected chi connectivity index (χ2v) is 6.10. The van der Waals surface area contributed by atoms with Crippen LogP contribution in [0.2, 0.25) is 0 Å². The molecular formula is C15H28N6. The van der Waals surface area contributed by atoms with Crippen molar-refractivity contribution in [1.29, 1.82) is 0 Å². The van der Waals surface area contributed by atoms with Crippen LogP contribution in [0.25, 0.3) is 0 Å². The van der Waals surface area contributed by atoms with E-state index in [1.165, 1.54) is 25.7 Å². The topological polar surface area (TPSA) is 79.1 Å². The van der Waals surface area contributed by atoms with Crippen molar-refractivity contribution in [2.45, 2.75) is 44.6 Å². The van der Waals surface area contributed by atoms with Gasteiger partial charge in [-0.1, -0.05) is 19.8 Å². The first-order valence-corrected chi connectivity index (χ1v) is 7.85. The van der Waals surface area contributed by atoms with Crippen LogP contribution in [0, 0.1) is 0 Å². The van der Waals surface area contributed by atoms with E-state index in [4.69, 9.17) is 5.73 Å². The molecule has 2 rings (SSSR count). The zero-order valence-corrected chi connectivity index (χ0v) is 13.4. The highest BCUT2D eigenvalue weighted by Crippen LogP contribution is 2.33. The molecule has 21 heavy (non-hydrogen) atoms. The Morgan fingerprint density at radius 3 is 2.38 bits per heavy atom. The molecule has 0 aliphatic heterocycles. The van der Waals surface area contributed by atoms with Crippen LogP contribution in [0.15, 0.2) is 6.07 Å². The lowest BCUT2D eigenvalue weighted by Gasteiger charge is -2.36. The van der Waals surface area contributed by atoms with Gasteiger partial charge in [0.15, 0.2) is 0 Å². The molecule has 6 heteroatoms. The van der Waals surface area contributed by atoms with Crippen molar-refractivity contribution < 1.29 is 0 Å². The maximum atomic E-state index is 5.79. The highest BCUT2D eigenvalue weighted by Gasteiger charge is 2.35. The third-order valence-corrected chi connectivity index (χ3v) is 4.38. The maximum Gasteiger partial charge on any atom is 0.223 e. The van der Waals surface area contributed by atoms with Crippen LogP contribution < -0.4 is 16.4 Å². The Labute approximate surface area is 127 Å². The van der Waals surface area contributed by atoms with Crippen molar-refractivity contribution in [3.8, 4) is 0 Å². The second-order valence-electron chi connectivity index (χ2n) is 6.10. The molecule has 1 heterocycles. The summed E-state index contributed by atoms with van der Waals surface area (Å²) in [5, 5.41) is 6.71. The summed E-state index contributed by atoms with van der Waals surface area (Å²) in [6.45, 7) is 3.90. The number of likely N-dealkylation sites (N-methyl/N-ethyl adjacent to an activating group) is 1. The summed E-state index contributed by atoms with van der Waals surface area (Å²) in [6.07, 6.45) is 6.11. The van der Waals surface area contributed by atoms with Gasteiger partial charge in [0, 0.05) is 24.7 Å². The first-order valence-electron chi connectivity index (χ1n) is 7.85. The van der Waals surface area contributed by atoms with E-state index in [-0.39, 0.29) is 5.54 Å². The molecule has 1 aliphatic carbocycles. The number of hydrogen-bond acceptors (Lipinski definition) is 6. The minimum absolute atomic E-state index is 0.233. The first-order chi connectivity index (χ1) is 10.1. The van der Waals surface area contributed by atoms with Crippen molar-refractivity contribution in [2.75, 3.05) is 43.6 Å². The van der Waals surface area contributed by atoms with Gasteiger partial charge in [-0.2, -0.15) is 9.97 Å². The highest BCUT2D eigenvalue weighted by atomic mass is 15.2. The van der Waals surface area contributed by atoms with Gasteiger partial charge in [-0.3, -0.25) is 0 Å².